The summed E-state index contributed by atoms with van der Waals surface area (Å²) in [5.74, 6) is 0. The van der Waals surface area contributed by atoms with E-state index < -0.39 is 0 Å². The van der Waals surface area contributed by atoms with Crippen LogP contribution in [0.2, 0.25) is 0 Å². The van der Waals surface area contributed by atoms with Crippen LogP contribution in [0.5, 0.6) is 0 Å². The highest BCUT2D eigenvalue weighted by Crippen LogP contribution is 2.40. The van der Waals surface area contributed by atoms with Crippen molar-refractivity contribution in [1.29, 1.82) is 0 Å². The van der Waals surface area contributed by atoms with Crippen LogP contribution >= 0.6 is 34.4 Å². The molecule has 0 radical (unpaired) electrons. The first-order valence-electron chi connectivity index (χ1n) is 5.40. The molecule has 0 unspecified atom stereocenters. The summed E-state index contributed by atoms with van der Waals surface area (Å²) in [7, 11) is 0. The van der Waals surface area contributed by atoms with Crippen LogP contribution < -0.4 is 0 Å². The normalized spacial score (nSPS) is 11.2. The maximum atomic E-state index is 2.31. The molecular formula is C14H12S3. The van der Waals surface area contributed by atoms with Crippen molar-refractivity contribution in [2.24, 2.45) is 0 Å². The van der Waals surface area contributed by atoms with Gasteiger partial charge < -0.3 is 0 Å². The number of thiophene rings is 2. The topological polar surface area (TPSA) is 0 Å². The van der Waals surface area contributed by atoms with E-state index in [1.165, 1.54) is 30.3 Å². The molecule has 0 saturated heterocycles. The zero-order chi connectivity index (χ0) is 11.8. The van der Waals surface area contributed by atoms with Gasteiger partial charge in [0.1, 0.15) is 0 Å². The maximum Gasteiger partial charge on any atom is 0.0488 e. The fourth-order valence-corrected chi connectivity index (χ4v) is 5.02. The molecular weight excluding hydrogens is 264 g/mol. The van der Waals surface area contributed by atoms with E-state index in [0.717, 1.165) is 0 Å². The predicted molar refractivity (Wildman–Crippen MR) is 81.7 cm³/mol. The predicted octanol–water partition coefficient (Wildman–Crippen LogP) is 5.66. The summed E-state index contributed by atoms with van der Waals surface area (Å²) in [6.45, 7) is 2.19. The summed E-state index contributed by atoms with van der Waals surface area (Å²) in [4.78, 5) is 4.18. The second-order valence-corrected chi connectivity index (χ2v) is 6.74. The smallest absolute Gasteiger partial charge is 0.0488 e. The number of fused-ring (bicyclic) bond motifs is 1. The Morgan fingerprint density at radius 2 is 2.00 bits per heavy atom. The highest BCUT2D eigenvalue weighted by Gasteiger charge is 2.09. The van der Waals surface area contributed by atoms with Gasteiger partial charge in [0, 0.05) is 19.3 Å². The van der Waals surface area contributed by atoms with Crippen molar-refractivity contribution >= 4 is 44.5 Å². The second-order valence-electron chi connectivity index (χ2n) is 3.92. The first-order chi connectivity index (χ1) is 8.29. The van der Waals surface area contributed by atoms with E-state index in [4.69, 9.17) is 0 Å². The largest absolute Gasteiger partial charge is 0.143 e. The van der Waals surface area contributed by atoms with E-state index in [1.54, 1.807) is 0 Å². The zero-order valence-corrected chi connectivity index (χ0v) is 12.1. The molecule has 2 aromatic heterocycles. The molecule has 0 spiro atoms. The van der Waals surface area contributed by atoms with Gasteiger partial charge in [0.25, 0.3) is 0 Å². The Bertz CT molecular complexity index is 647. The molecule has 86 valence electrons. The molecule has 1 aromatic carbocycles. The van der Waals surface area contributed by atoms with Crippen molar-refractivity contribution in [3.05, 3.63) is 41.3 Å². The molecule has 2 heterocycles. The van der Waals surface area contributed by atoms with E-state index >= 15 is 0 Å². The third kappa shape index (κ3) is 1.92. The highest BCUT2D eigenvalue weighted by molar-refractivity contribution is 7.99. The van der Waals surface area contributed by atoms with Gasteiger partial charge in [0.2, 0.25) is 0 Å². The third-order valence-corrected chi connectivity index (χ3v) is 6.10. The van der Waals surface area contributed by atoms with E-state index in [-0.39, 0.29) is 0 Å². The SMILES string of the molecule is CSc1c(C)ccc2cc(-c3cccs3)sc12. The molecule has 0 saturated carbocycles. The summed E-state index contributed by atoms with van der Waals surface area (Å²) in [6.07, 6.45) is 2.16. The van der Waals surface area contributed by atoms with Gasteiger partial charge in [-0.3, -0.25) is 0 Å². The Balaban J connectivity index is 2.26. The monoisotopic (exact) mass is 276 g/mol. The molecule has 3 aromatic rings. The summed E-state index contributed by atoms with van der Waals surface area (Å²) >= 11 is 5.57. The van der Waals surface area contributed by atoms with Crippen molar-refractivity contribution in [3.8, 4) is 9.75 Å². The number of benzene rings is 1. The summed E-state index contributed by atoms with van der Waals surface area (Å²) in [5, 5.41) is 3.51. The van der Waals surface area contributed by atoms with Gasteiger partial charge in [-0.15, -0.1) is 34.4 Å². The lowest BCUT2D eigenvalue weighted by Crippen LogP contribution is -1.77. The maximum absolute atomic E-state index is 2.31. The standard InChI is InChI=1S/C14H12S3/c1-9-5-6-10-8-12(11-4-3-7-16-11)17-14(10)13(9)15-2/h3-8H,1-2H3. The number of hydrogen-bond acceptors (Lipinski definition) is 3. The first-order valence-corrected chi connectivity index (χ1v) is 8.32. The molecule has 3 heteroatoms. The molecule has 0 N–H and O–H groups in total. The van der Waals surface area contributed by atoms with Crippen molar-refractivity contribution in [1.82, 2.24) is 0 Å². The van der Waals surface area contributed by atoms with Crippen LogP contribution in [-0.4, -0.2) is 6.26 Å². The molecule has 17 heavy (non-hydrogen) atoms. The Hall–Kier alpha value is -0.770. The lowest BCUT2D eigenvalue weighted by Gasteiger charge is -2.02. The van der Waals surface area contributed by atoms with E-state index in [2.05, 4.69) is 48.9 Å². The van der Waals surface area contributed by atoms with E-state index in [0.29, 0.717) is 0 Å². The Kier molecular flexibility index (Phi) is 2.99. The minimum Gasteiger partial charge on any atom is -0.143 e. The van der Waals surface area contributed by atoms with Crippen LogP contribution in [0.15, 0.2) is 40.6 Å². The summed E-state index contributed by atoms with van der Waals surface area (Å²) in [6, 6.07) is 11.1. The minimum atomic E-state index is 1.37. The number of hydrogen-bond donors (Lipinski definition) is 0. The van der Waals surface area contributed by atoms with Crippen LogP contribution in [0.1, 0.15) is 5.56 Å². The molecule has 0 amide bonds. The van der Waals surface area contributed by atoms with Crippen LogP contribution in [0, 0.1) is 6.92 Å². The lowest BCUT2D eigenvalue weighted by molar-refractivity contribution is 1.37. The molecule has 0 nitrogen and oxygen atoms in total. The Labute approximate surface area is 113 Å². The first kappa shape index (κ1) is 11.3. The fourth-order valence-electron chi connectivity index (χ4n) is 1.97. The Morgan fingerprint density at radius 3 is 2.71 bits per heavy atom. The number of aryl methyl sites for hydroxylation is 1. The highest BCUT2D eigenvalue weighted by atomic mass is 32.2. The second kappa shape index (κ2) is 4.48. The van der Waals surface area contributed by atoms with Gasteiger partial charge in [-0.2, -0.15) is 0 Å². The van der Waals surface area contributed by atoms with Crippen molar-refractivity contribution < 1.29 is 0 Å². The zero-order valence-electron chi connectivity index (χ0n) is 9.69. The fraction of sp³-hybridized carbons (Fsp3) is 0.143. The van der Waals surface area contributed by atoms with E-state index in [1.807, 2.05) is 34.4 Å². The molecule has 3 rings (SSSR count). The van der Waals surface area contributed by atoms with Crippen LogP contribution in [0.4, 0.5) is 0 Å². The molecule has 0 aliphatic heterocycles. The third-order valence-electron chi connectivity index (χ3n) is 2.81. The van der Waals surface area contributed by atoms with E-state index in [9.17, 15) is 0 Å². The lowest BCUT2D eigenvalue weighted by atomic mass is 10.2. The summed E-state index contributed by atoms with van der Waals surface area (Å²) < 4.78 is 1.43. The van der Waals surface area contributed by atoms with Crippen molar-refractivity contribution in [3.63, 3.8) is 0 Å². The van der Waals surface area contributed by atoms with Gasteiger partial charge in [0.05, 0.1) is 0 Å². The van der Waals surface area contributed by atoms with Crippen LogP contribution in [0.25, 0.3) is 19.8 Å². The van der Waals surface area contributed by atoms with Crippen LogP contribution in [-0.2, 0) is 0 Å². The van der Waals surface area contributed by atoms with Gasteiger partial charge >= 0.3 is 0 Å². The van der Waals surface area contributed by atoms with Crippen molar-refractivity contribution in [2.45, 2.75) is 11.8 Å². The molecule has 0 atom stereocenters. The van der Waals surface area contributed by atoms with Gasteiger partial charge in [-0.1, -0.05) is 18.2 Å². The molecule has 0 fully saturated rings. The Morgan fingerprint density at radius 1 is 1.12 bits per heavy atom. The van der Waals surface area contributed by atoms with Gasteiger partial charge in [0.15, 0.2) is 0 Å². The van der Waals surface area contributed by atoms with Crippen LogP contribution in [0.3, 0.4) is 0 Å². The van der Waals surface area contributed by atoms with Crippen molar-refractivity contribution in [2.75, 3.05) is 6.26 Å². The quantitative estimate of drug-likeness (QED) is 0.544. The molecule has 0 bridgehead atoms. The average Bonchev–Trinajstić information content (AvgIpc) is 2.97. The minimum absolute atomic E-state index is 1.37. The van der Waals surface area contributed by atoms with Gasteiger partial charge in [-0.05, 0) is 41.6 Å². The number of thioether (sulfide) groups is 1. The molecule has 0 aliphatic rings. The summed E-state index contributed by atoms with van der Waals surface area (Å²) in [5.41, 5.74) is 1.38. The van der Waals surface area contributed by atoms with Gasteiger partial charge in [-0.25, -0.2) is 0 Å². The average molecular weight is 276 g/mol. The molecule has 0 aliphatic carbocycles. The number of rotatable bonds is 2.